The van der Waals surface area contributed by atoms with Crippen LogP contribution in [0.5, 0.6) is 5.75 Å². The summed E-state index contributed by atoms with van der Waals surface area (Å²) in [5, 5.41) is 0. The van der Waals surface area contributed by atoms with E-state index in [1.165, 1.54) is 23.8 Å². The molecule has 0 saturated carbocycles. The van der Waals surface area contributed by atoms with Crippen LogP contribution in [0.4, 0.5) is 16.3 Å². The highest BCUT2D eigenvalue weighted by Gasteiger charge is 2.43. The summed E-state index contributed by atoms with van der Waals surface area (Å²) in [5.41, 5.74) is 5.23. The third-order valence-corrected chi connectivity index (χ3v) is 6.29. The number of primary amides is 1. The number of hydrogen-bond donors (Lipinski definition) is 1. The summed E-state index contributed by atoms with van der Waals surface area (Å²) in [6, 6.07) is -0.724. The van der Waals surface area contributed by atoms with Crippen LogP contribution < -0.4 is 20.3 Å². The minimum atomic E-state index is -0.907. The van der Waals surface area contributed by atoms with Crippen molar-refractivity contribution in [3.05, 3.63) is 6.20 Å². The summed E-state index contributed by atoms with van der Waals surface area (Å²) in [5.74, 6) is 0.490. The zero-order chi connectivity index (χ0) is 20.4. The van der Waals surface area contributed by atoms with Crippen molar-refractivity contribution in [2.75, 3.05) is 56.4 Å². The molecule has 158 valence electrons. The summed E-state index contributed by atoms with van der Waals surface area (Å²) in [6.07, 6.45) is 2.76. The Labute approximate surface area is 172 Å². The van der Waals surface area contributed by atoms with E-state index in [1.54, 1.807) is 6.20 Å². The maximum Gasteiger partial charge on any atom is 0.323 e. The number of nitrogens with two attached hydrogens (primary N) is 1. The van der Waals surface area contributed by atoms with Crippen LogP contribution in [0, 0.1) is 5.92 Å². The fourth-order valence-electron chi connectivity index (χ4n) is 3.62. The molecule has 2 N–H and O–H groups in total. The molecule has 1 atom stereocenters. The number of hydrogen-bond acceptors (Lipinski definition) is 9. The first-order valence-electron chi connectivity index (χ1n) is 9.53. The van der Waals surface area contributed by atoms with Crippen LogP contribution >= 0.6 is 11.8 Å². The third-order valence-electron chi connectivity index (χ3n) is 5.17. The number of urea groups is 1. The Morgan fingerprint density at radius 1 is 1.21 bits per heavy atom. The Morgan fingerprint density at radius 3 is 2.55 bits per heavy atom. The van der Waals surface area contributed by atoms with Crippen molar-refractivity contribution in [2.24, 2.45) is 11.7 Å². The fourth-order valence-corrected chi connectivity index (χ4v) is 4.88. The minimum Gasteiger partial charge on any atom is -0.493 e. The number of pyridine rings is 1. The highest BCUT2D eigenvalue weighted by atomic mass is 32.2. The van der Waals surface area contributed by atoms with E-state index in [-0.39, 0.29) is 11.9 Å². The molecule has 3 aliphatic rings. The van der Waals surface area contributed by atoms with Gasteiger partial charge in [0.1, 0.15) is 11.5 Å². The van der Waals surface area contributed by atoms with Gasteiger partial charge in [-0.25, -0.2) is 14.7 Å². The molecule has 0 spiro atoms. The number of morpholine rings is 1. The first kappa shape index (κ1) is 20.0. The number of rotatable bonds is 4. The monoisotopic (exact) mass is 424 g/mol. The zero-order valence-electron chi connectivity index (χ0n) is 16.2. The van der Waals surface area contributed by atoms with Crippen molar-refractivity contribution < 1.29 is 28.5 Å². The van der Waals surface area contributed by atoms with E-state index in [1.807, 2.05) is 0 Å². The van der Waals surface area contributed by atoms with Crippen molar-refractivity contribution in [3.8, 4) is 5.75 Å². The van der Waals surface area contributed by atoms with Gasteiger partial charge in [0.05, 0.1) is 37.3 Å². The number of methoxy groups -OCH3 is 1. The molecule has 11 heteroatoms. The topological polar surface area (TPSA) is 116 Å². The van der Waals surface area contributed by atoms with E-state index in [4.69, 9.17) is 24.7 Å². The quantitative estimate of drug-likeness (QED) is 0.711. The molecule has 0 aromatic carbocycles. The van der Waals surface area contributed by atoms with Crippen LogP contribution in [-0.2, 0) is 19.0 Å². The Morgan fingerprint density at radius 2 is 1.90 bits per heavy atom. The van der Waals surface area contributed by atoms with Gasteiger partial charge in [0.25, 0.3) is 0 Å². The van der Waals surface area contributed by atoms with Crippen LogP contribution in [0.3, 0.4) is 0 Å². The molecule has 29 heavy (non-hydrogen) atoms. The maximum absolute atomic E-state index is 12.7. The Kier molecular flexibility index (Phi) is 5.97. The molecule has 1 aromatic rings. The summed E-state index contributed by atoms with van der Waals surface area (Å²) in [4.78, 5) is 33.6. The number of ether oxygens (including phenoxy) is 4. The van der Waals surface area contributed by atoms with Crippen LogP contribution in [0.25, 0.3) is 0 Å². The molecular formula is C18H24N4O6S. The number of aromatic nitrogens is 1. The number of amides is 2. The Balaban J connectivity index is 1.64. The molecular weight excluding hydrogens is 400 g/mol. The summed E-state index contributed by atoms with van der Waals surface area (Å²) in [7, 11) is 1.50. The van der Waals surface area contributed by atoms with Gasteiger partial charge in [0.2, 0.25) is 5.56 Å². The van der Waals surface area contributed by atoms with Crippen LogP contribution in [-0.4, -0.2) is 69.2 Å². The van der Waals surface area contributed by atoms with Gasteiger partial charge in [-0.05, 0) is 12.8 Å². The number of thioether (sulfide) groups is 1. The van der Waals surface area contributed by atoms with E-state index >= 15 is 0 Å². The average molecular weight is 424 g/mol. The largest absolute Gasteiger partial charge is 0.493 e. The second-order valence-corrected chi connectivity index (χ2v) is 7.93. The molecule has 2 amide bonds. The van der Waals surface area contributed by atoms with E-state index in [2.05, 4.69) is 9.88 Å². The van der Waals surface area contributed by atoms with Crippen molar-refractivity contribution >= 4 is 35.3 Å². The van der Waals surface area contributed by atoms with Gasteiger partial charge in [-0.15, -0.1) is 0 Å². The number of nitrogens with zero attached hydrogens (tertiary/aromatic N) is 3. The van der Waals surface area contributed by atoms with Crippen molar-refractivity contribution in [1.82, 2.24) is 4.98 Å². The number of carbonyl (C=O) groups is 2. The lowest BCUT2D eigenvalue weighted by Gasteiger charge is -2.29. The number of esters is 1. The molecule has 4 rings (SSSR count). The van der Waals surface area contributed by atoms with Crippen LogP contribution in [0.1, 0.15) is 12.8 Å². The molecule has 10 nitrogen and oxygen atoms in total. The third kappa shape index (κ3) is 3.94. The van der Waals surface area contributed by atoms with Gasteiger partial charge in [-0.2, -0.15) is 0 Å². The van der Waals surface area contributed by atoms with Gasteiger partial charge < -0.3 is 29.6 Å². The summed E-state index contributed by atoms with van der Waals surface area (Å²) in [6.45, 7) is 3.58. The lowest BCUT2D eigenvalue weighted by Crippen LogP contribution is -2.43. The highest BCUT2D eigenvalue weighted by molar-refractivity contribution is 8.00. The fraction of sp³-hybridized carbons (Fsp3) is 0.611. The first-order valence-corrected chi connectivity index (χ1v) is 10.4. The molecule has 1 unspecified atom stereocenters. The summed E-state index contributed by atoms with van der Waals surface area (Å²) >= 11 is 1.24. The van der Waals surface area contributed by atoms with Crippen molar-refractivity contribution in [1.29, 1.82) is 0 Å². The Hall–Kier alpha value is -2.24. The second-order valence-electron chi connectivity index (χ2n) is 6.88. The van der Waals surface area contributed by atoms with Gasteiger partial charge >= 0.3 is 12.0 Å². The number of carbonyl (C=O) groups excluding carboxylic acids is 2. The van der Waals surface area contributed by atoms with Crippen molar-refractivity contribution in [2.45, 2.75) is 23.3 Å². The predicted molar refractivity (Wildman–Crippen MR) is 105 cm³/mol. The minimum absolute atomic E-state index is 0.249. The first-order chi connectivity index (χ1) is 14.1. The van der Waals surface area contributed by atoms with Gasteiger partial charge in [-0.1, -0.05) is 11.8 Å². The van der Waals surface area contributed by atoms with E-state index in [0.29, 0.717) is 74.5 Å². The molecule has 4 heterocycles. The average Bonchev–Trinajstić information content (AvgIpc) is 3.13. The van der Waals surface area contributed by atoms with E-state index in [0.717, 1.165) is 0 Å². The smallest absolute Gasteiger partial charge is 0.323 e. The van der Waals surface area contributed by atoms with Crippen LogP contribution in [0.15, 0.2) is 11.1 Å². The number of fused-ring (bicyclic) bond motifs is 1. The van der Waals surface area contributed by atoms with E-state index < -0.39 is 11.6 Å². The maximum atomic E-state index is 12.7. The normalized spacial score (nSPS) is 22.3. The summed E-state index contributed by atoms with van der Waals surface area (Å²) < 4.78 is 21.9. The second kappa shape index (κ2) is 8.64. The lowest BCUT2D eigenvalue weighted by molar-refractivity contribution is -0.152. The molecule has 0 radical (unpaired) electrons. The molecule has 3 aliphatic heterocycles. The molecule has 2 fully saturated rings. The molecule has 0 aliphatic carbocycles. The van der Waals surface area contributed by atoms with Crippen molar-refractivity contribution in [3.63, 3.8) is 0 Å². The van der Waals surface area contributed by atoms with Gasteiger partial charge in [-0.3, -0.25) is 4.79 Å². The lowest BCUT2D eigenvalue weighted by atomic mass is 10.0. The van der Waals surface area contributed by atoms with Gasteiger partial charge in [0, 0.05) is 26.3 Å². The molecule has 0 bridgehead atoms. The molecule has 1 aromatic heterocycles. The molecule has 2 saturated heterocycles. The Bertz CT molecular complexity index is 782. The van der Waals surface area contributed by atoms with Crippen LogP contribution in [0.2, 0.25) is 0 Å². The number of anilines is 2. The van der Waals surface area contributed by atoms with Gasteiger partial charge in [0.15, 0.2) is 5.75 Å². The standard InChI is InChI=1S/C18H24N4O6S/c1-25-12-10-20-15(21-4-8-27-9-5-21)14-13(12)22(17(19)24)18(29-14)28-16(23)11-2-6-26-7-3-11/h10-11,18H,2-9H2,1H3,(H2,19,24). The SMILES string of the molecule is COc1cnc(N2CCOCC2)c2c1N(C(N)=O)C(OC(=O)C1CCOCC1)S2. The highest BCUT2D eigenvalue weighted by Crippen LogP contribution is 2.52. The van der Waals surface area contributed by atoms with E-state index in [9.17, 15) is 9.59 Å². The zero-order valence-corrected chi connectivity index (χ0v) is 17.0. The predicted octanol–water partition coefficient (Wildman–Crippen LogP) is 1.17.